The van der Waals surface area contributed by atoms with Crippen molar-refractivity contribution in [2.75, 3.05) is 20.8 Å². The Morgan fingerprint density at radius 3 is 2.55 bits per heavy atom. The average Bonchev–Trinajstić information content (AvgIpc) is 3.55. The van der Waals surface area contributed by atoms with E-state index in [1.807, 2.05) is 0 Å². The zero-order valence-electron chi connectivity index (χ0n) is 18.2. The smallest absolute Gasteiger partial charge is 0.325 e. The number of imide groups is 1. The molecule has 1 aromatic rings. The van der Waals surface area contributed by atoms with Crippen molar-refractivity contribution in [3.63, 3.8) is 0 Å². The van der Waals surface area contributed by atoms with E-state index in [2.05, 4.69) is 23.5 Å². The van der Waals surface area contributed by atoms with Crippen molar-refractivity contribution < 1.29 is 23.9 Å². The van der Waals surface area contributed by atoms with Crippen LogP contribution < -0.4 is 5.32 Å². The number of benzene rings is 1. The summed E-state index contributed by atoms with van der Waals surface area (Å²) in [7, 11) is 3.05. The highest BCUT2D eigenvalue weighted by atomic mass is 16.5. The van der Waals surface area contributed by atoms with Crippen molar-refractivity contribution in [3.8, 4) is 0 Å². The molecule has 0 aromatic heterocycles. The van der Waals surface area contributed by atoms with Gasteiger partial charge in [-0.05, 0) is 67.6 Å². The van der Waals surface area contributed by atoms with E-state index in [4.69, 9.17) is 9.47 Å². The maximum atomic E-state index is 14.0. The number of nitrogens with zero attached hydrogens (tertiary/aromatic N) is 1. The van der Waals surface area contributed by atoms with E-state index in [-0.39, 0.29) is 30.4 Å². The number of hydrogen-bond acceptors (Lipinski definition) is 5. The number of rotatable bonds is 5. The van der Waals surface area contributed by atoms with Gasteiger partial charge in [0.1, 0.15) is 0 Å². The Bertz CT molecular complexity index is 932. The molecule has 31 heavy (non-hydrogen) atoms. The minimum absolute atomic E-state index is 0.000536. The van der Waals surface area contributed by atoms with Gasteiger partial charge in [0, 0.05) is 19.1 Å². The van der Waals surface area contributed by atoms with Crippen LogP contribution in [-0.4, -0.2) is 49.7 Å². The zero-order chi connectivity index (χ0) is 21.8. The quantitative estimate of drug-likeness (QED) is 0.578. The number of ether oxygens (including phenoxy) is 2. The van der Waals surface area contributed by atoms with Crippen LogP contribution in [0.1, 0.15) is 67.6 Å². The predicted molar refractivity (Wildman–Crippen MR) is 112 cm³/mol. The number of urea groups is 1. The standard InChI is InChI=1S/C24H30N2O5/c1-30-18-7-10-23(11-8-18)14-17-6-5-16(15-3-4-15)13-19(17)24(23)21(28)26(22(29)25-24)12-9-20(27)31-2/h5-6,13,15,18H,3-4,7-12,14H2,1-2H3,(H,25,29). The number of fused-ring (bicyclic) bond motifs is 3. The summed E-state index contributed by atoms with van der Waals surface area (Å²) in [6.07, 6.45) is 6.69. The molecule has 0 radical (unpaired) electrons. The van der Waals surface area contributed by atoms with Crippen molar-refractivity contribution in [1.82, 2.24) is 10.2 Å². The van der Waals surface area contributed by atoms with Gasteiger partial charge < -0.3 is 14.8 Å². The van der Waals surface area contributed by atoms with E-state index in [1.165, 1.54) is 30.4 Å². The molecule has 5 rings (SSSR count). The summed E-state index contributed by atoms with van der Waals surface area (Å²) in [4.78, 5) is 39.9. The molecule has 1 unspecified atom stereocenters. The van der Waals surface area contributed by atoms with Crippen LogP contribution in [0.4, 0.5) is 4.79 Å². The van der Waals surface area contributed by atoms with Crippen molar-refractivity contribution >= 4 is 17.9 Å². The molecule has 1 heterocycles. The molecule has 1 N–H and O–H groups in total. The molecule has 3 fully saturated rings. The highest BCUT2D eigenvalue weighted by Gasteiger charge is 2.68. The second-order valence-electron chi connectivity index (χ2n) is 9.55. The monoisotopic (exact) mass is 426 g/mol. The third kappa shape index (κ3) is 3.00. The normalized spacial score (nSPS) is 31.9. The maximum Gasteiger partial charge on any atom is 0.325 e. The van der Waals surface area contributed by atoms with E-state index >= 15 is 0 Å². The first-order valence-electron chi connectivity index (χ1n) is 11.3. The van der Waals surface area contributed by atoms with Gasteiger partial charge in [-0.15, -0.1) is 0 Å². The van der Waals surface area contributed by atoms with Crippen LogP contribution >= 0.6 is 0 Å². The number of esters is 1. The summed E-state index contributed by atoms with van der Waals surface area (Å²) in [6.45, 7) is 0.0352. The Balaban J connectivity index is 1.56. The summed E-state index contributed by atoms with van der Waals surface area (Å²) >= 11 is 0. The third-order valence-corrected chi connectivity index (χ3v) is 8.01. The molecular weight excluding hydrogens is 396 g/mol. The van der Waals surface area contributed by atoms with Crippen LogP contribution in [0, 0.1) is 5.41 Å². The molecule has 3 aliphatic carbocycles. The molecule has 7 heteroatoms. The van der Waals surface area contributed by atoms with E-state index in [0.717, 1.165) is 43.2 Å². The van der Waals surface area contributed by atoms with E-state index in [9.17, 15) is 14.4 Å². The predicted octanol–water partition coefficient (Wildman–Crippen LogP) is 3.01. The lowest BCUT2D eigenvalue weighted by Gasteiger charge is -2.46. The Hall–Kier alpha value is -2.41. The number of nitrogens with one attached hydrogen (secondary N) is 1. The van der Waals surface area contributed by atoms with Gasteiger partial charge in [-0.2, -0.15) is 0 Å². The second kappa shape index (κ2) is 7.33. The third-order valence-electron chi connectivity index (χ3n) is 8.01. The topological polar surface area (TPSA) is 84.9 Å². The van der Waals surface area contributed by atoms with Gasteiger partial charge in [-0.1, -0.05) is 18.2 Å². The fraction of sp³-hybridized carbons (Fsp3) is 0.625. The molecule has 1 aliphatic heterocycles. The number of amides is 3. The van der Waals surface area contributed by atoms with Gasteiger partial charge in [-0.3, -0.25) is 14.5 Å². The average molecular weight is 427 g/mol. The molecular formula is C24H30N2O5. The Kier molecular flexibility index (Phi) is 4.84. The Morgan fingerprint density at radius 2 is 1.90 bits per heavy atom. The summed E-state index contributed by atoms with van der Waals surface area (Å²) in [6, 6.07) is 6.12. The highest BCUT2D eigenvalue weighted by molar-refractivity contribution is 6.09. The first-order valence-corrected chi connectivity index (χ1v) is 11.3. The van der Waals surface area contributed by atoms with Gasteiger partial charge in [-0.25, -0.2) is 4.79 Å². The SMILES string of the molecule is COC(=O)CCN1C(=O)NC2(C1=O)c1cc(C3CC3)ccc1CC21CCC(OC)CC1. The van der Waals surface area contributed by atoms with Crippen LogP contribution in [0.2, 0.25) is 0 Å². The van der Waals surface area contributed by atoms with Crippen molar-refractivity contribution in [2.45, 2.75) is 68.9 Å². The second-order valence-corrected chi connectivity index (χ2v) is 9.55. The first kappa shape index (κ1) is 20.5. The molecule has 7 nitrogen and oxygen atoms in total. The largest absolute Gasteiger partial charge is 0.469 e. The van der Waals surface area contributed by atoms with Crippen molar-refractivity contribution in [1.29, 1.82) is 0 Å². The lowest BCUT2D eigenvalue weighted by atomic mass is 9.61. The maximum absolute atomic E-state index is 14.0. The molecule has 0 bridgehead atoms. The lowest BCUT2D eigenvalue weighted by Crippen LogP contribution is -2.56. The number of carbonyl (C=O) groups excluding carboxylic acids is 3. The fourth-order valence-electron chi connectivity index (χ4n) is 6.11. The van der Waals surface area contributed by atoms with E-state index in [1.54, 1.807) is 7.11 Å². The van der Waals surface area contributed by atoms with Crippen LogP contribution in [-0.2, 0) is 31.0 Å². The van der Waals surface area contributed by atoms with Crippen molar-refractivity contribution in [2.24, 2.45) is 5.41 Å². The highest BCUT2D eigenvalue weighted by Crippen LogP contribution is 2.60. The molecule has 1 atom stereocenters. The van der Waals surface area contributed by atoms with Gasteiger partial charge in [0.15, 0.2) is 5.54 Å². The first-order chi connectivity index (χ1) is 14.9. The number of carbonyl (C=O) groups is 3. The molecule has 1 aromatic carbocycles. The Labute approximate surface area is 182 Å². The van der Waals surface area contributed by atoms with Gasteiger partial charge in [0.25, 0.3) is 5.91 Å². The number of methoxy groups -OCH3 is 2. The molecule has 3 amide bonds. The van der Waals surface area contributed by atoms with Crippen molar-refractivity contribution in [3.05, 3.63) is 34.9 Å². The lowest BCUT2D eigenvalue weighted by molar-refractivity contribution is -0.142. The van der Waals surface area contributed by atoms with Gasteiger partial charge >= 0.3 is 12.0 Å². The molecule has 166 valence electrons. The summed E-state index contributed by atoms with van der Waals surface area (Å²) < 4.78 is 10.3. The molecule has 2 spiro atoms. The summed E-state index contributed by atoms with van der Waals surface area (Å²) in [5.41, 5.74) is 1.96. The van der Waals surface area contributed by atoms with Crippen LogP contribution in [0.3, 0.4) is 0 Å². The Morgan fingerprint density at radius 1 is 1.16 bits per heavy atom. The van der Waals surface area contributed by atoms with E-state index < -0.39 is 17.5 Å². The summed E-state index contributed by atoms with van der Waals surface area (Å²) in [5.74, 6) is -0.0885. The fourth-order valence-corrected chi connectivity index (χ4v) is 6.11. The molecule has 1 saturated heterocycles. The summed E-state index contributed by atoms with van der Waals surface area (Å²) in [5, 5.41) is 3.15. The minimum Gasteiger partial charge on any atom is -0.469 e. The minimum atomic E-state index is -1.06. The van der Waals surface area contributed by atoms with Gasteiger partial charge in [0.2, 0.25) is 0 Å². The van der Waals surface area contributed by atoms with Crippen LogP contribution in [0.15, 0.2) is 18.2 Å². The van der Waals surface area contributed by atoms with Gasteiger partial charge in [0.05, 0.1) is 19.6 Å². The number of hydrogen-bond donors (Lipinski definition) is 1. The van der Waals surface area contributed by atoms with Crippen LogP contribution in [0.5, 0.6) is 0 Å². The molecule has 4 aliphatic rings. The molecule has 2 saturated carbocycles. The zero-order valence-corrected chi connectivity index (χ0v) is 18.2. The van der Waals surface area contributed by atoms with Crippen LogP contribution in [0.25, 0.3) is 0 Å². The van der Waals surface area contributed by atoms with E-state index in [0.29, 0.717) is 5.92 Å².